The van der Waals surface area contributed by atoms with Gasteiger partial charge in [0.25, 0.3) is 0 Å². The van der Waals surface area contributed by atoms with Crippen molar-refractivity contribution in [3.8, 4) is 50.2 Å². The summed E-state index contributed by atoms with van der Waals surface area (Å²) in [5.74, 6) is 0. The highest BCUT2D eigenvalue weighted by Crippen LogP contribution is 2.65. The largest absolute Gasteiger partial charge is 0.309 e. The monoisotopic (exact) mass is 906 g/mol. The van der Waals surface area contributed by atoms with E-state index in [1.165, 1.54) is 109 Å². The van der Waals surface area contributed by atoms with Crippen molar-refractivity contribution >= 4 is 70.4 Å². The maximum absolute atomic E-state index is 2.54. The molecule has 0 fully saturated rings. The average Bonchev–Trinajstić information content (AvgIpc) is 4.17. The summed E-state index contributed by atoms with van der Waals surface area (Å²) in [5.41, 5.74) is 21.8. The Morgan fingerprint density at radius 3 is 1.67 bits per heavy atom. The molecule has 15 rings (SSSR count). The lowest BCUT2D eigenvalue weighted by atomic mass is 9.70. The molecule has 3 heteroatoms. The van der Waals surface area contributed by atoms with Gasteiger partial charge >= 0.3 is 0 Å². The predicted molar refractivity (Wildman–Crippen MR) is 296 cm³/mol. The molecular formula is C67H42N2S. The Labute approximate surface area is 410 Å². The first kappa shape index (κ1) is 39.3. The molecule has 2 aromatic heterocycles. The van der Waals surface area contributed by atoms with Crippen LogP contribution < -0.4 is 4.90 Å². The molecule has 0 bridgehead atoms. The van der Waals surface area contributed by atoms with Crippen molar-refractivity contribution in [3.63, 3.8) is 0 Å². The van der Waals surface area contributed by atoms with E-state index < -0.39 is 5.41 Å². The third-order valence-electron chi connectivity index (χ3n) is 15.2. The van der Waals surface area contributed by atoms with Crippen molar-refractivity contribution in [1.82, 2.24) is 4.57 Å². The first-order valence-electron chi connectivity index (χ1n) is 24.2. The highest BCUT2D eigenvalue weighted by atomic mass is 32.1. The van der Waals surface area contributed by atoms with Crippen LogP contribution in [0.1, 0.15) is 22.3 Å². The molecule has 2 heterocycles. The van der Waals surface area contributed by atoms with E-state index in [4.69, 9.17) is 0 Å². The molecule has 70 heavy (non-hydrogen) atoms. The smallest absolute Gasteiger partial charge is 0.0726 e. The van der Waals surface area contributed by atoms with E-state index in [-0.39, 0.29) is 0 Å². The average molecular weight is 907 g/mol. The molecule has 2 aliphatic carbocycles. The number of nitrogens with zero attached hydrogens (tertiary/aromatic N) is 2. The zero-order valence-corrected chi connectivity index (χ0v) is 38.9. The first-order valence-corrected chi connectivity index (χ1v) is 25.0. The van der Waals surface area contributed by atoms with Crippen LogP contribution in [0, 0.1) is 0 Å². The van der Waals surface area contributed by atoms with Crippen molar-refractivity contribution in [2.24, 2.45) is 0 Å². The summed E-state index contributed by atoms with van der Waals surface area (Å²) >= 11 is 1.89. The zero-order valence-electron chi connectivity index (χ0n) is 38.1. The van der Waals surface area contributed by atoms with Crippen molar-refractivity contribution in [2.75, 3.05) is 4.90 Å². The van der Waals surface area contributed by atoms with Gasteiger partial charge in [-0.3, -0.25) is 0 Å². The fourth-order valence-corrected chi connectivity index (χ4v) is 13.6. The number of benzene rings is 11. The van der Waals surface area contributed by atoms with Gasteiger partial charge in [-0.2, -0.15) is 0 Å². The second-order valence-electron chi connectivity index (χ2n) is 18.7. The lowest BCUT2D eigenvalue weighted by molar-refractivity contribution is 0.794. The Balaban J connectivity index is 0.959. The highest BCUT2D eigenvalue weighted by Gasteiger charge is 2.52. The maximum Gasteiger partial charge on any atom is 0.0726 e. The van der Waals surface area contributed by atoms with Gasteiger partial charge in [-0.1, -0.05) is 194 Å². The molecule has 0 aliphatic heterocycles. The molecule has 2 aliphatic rings. The van der Waals surface area contributed by atoms with E-state index in [1.807, 2.05) is 11.3 Å². The van der Waals surface area contributed by atoms with Gasteiger partial charge < -0.3 is 9.47 Å². The van der Waals surface area contributed by atoms with Gasteiger partial charge in [0.15, 0.2) is 0 Å². The molecule has 0 atom stereocenters. The zero-order chi connectivity index (χ0) is 45.9. The summed E-state index contributed by atoms with van der Waals surface area (Å²) < 4.78 is 4.99. The lowest BCUT2D eigenvalue weighted by Crippen LogP contribution is -2.26. The number of anilines is 3. The van der Waals surface area contributed by atoms with E-state index in [2.05, 4.69) is 264 Å². The first-order chi connectivity index (χ1) is 34.8. The molecule has 11 aromatic carbocycles. The number of rotatable bonds is 6. The van der Waals surface area contributed by atoms with E-state index in [0.717, 1.165) is 22.7 Å². The van der Waals surface area contributed by atoms with Gasteiger partial charge in [0.05, 0.1) is 27.8 Å². The minimum absolute atomic E-state index is 0.463. The van der Waals surface area contributed by atoms with E-state index >= 15 is 0 Å². The van der Waals surface area contributed by atoms with Crippen LogP contribution in [0.15, 0.2) is 255 Å². The third kappa shape index (κ3) is 5.44. The van der Waals surface area contributed by atoms with Gasteiger partial charge in [0.2, 0.25) is 0 Å². The van der Waals surface area contributed by atoms with Crippen LogP contribution in [-0.2, 0) is 5.41 Å². The molecule has 0 unspecified atom stereocenters. The number of para-hydroxylation sites is 3. The highest BCUT2D eigenvalue weighted by molar-refractivity contribution is 7.26. The van der Waals surface area contributed by atoms with Crippen LogP contribution in [0.4, 0.5) is 17.1 Å². The predicted octanol–water partition coefficient (Wildman–Crippen LogP) is 18.3. The fraction of sp³-hybridized carbons (Fsp3) is 0.0149. The van der Waals surface area contributed by atoms with Crippen LogP contribution in [0.5, 0.6) is 0 Å². The third-order valence-corrected chi connectivity index (χ3v) is 16.4. The van der Waals surface area contributed by atoms with Gasteiger partial charge in [0.1, 0.15) is 0 Å². The summed E-state index contributed by atoms with van der Waals surface area (Å²) in [6, 6.07) is 94.8. The molecular weight excluding hydrogens is 865 g/mol. The molecule has 0 saturated carbocycles. The molecule has 0 radical (unpaired) electrons. The molecule has 0 saturated heterocycles. The molecule has 0 amide bonds. The molecule has 326 valence electrons. The minimum atomic E-state index is -0.463. The van der Waals surface area contributed by atoms with Crippen LogP contribution in [0.3, 0.4) is 0 Å². The molecule has 0 N–H and O–H groups in total. The number of fused-ring (bicyclic) bond motifs is 16. The topological polar surface area (TPSA) is 8.17 Å². The normalized spacial score (nSPS) is 13.0. The Morgan fingerprint density at radius 1 is 0.343 bits per heavy atom. The Morgan fingerprint density at radius 2 is 0.886 bits per heavy atom. The van der Waals surface area contributed by atoms with Crippen LogP contribution >= 0.6 is 11.3 Å². The van der Waals surface area contributed by atoms with Crippen molar-refractivity contribution in [1.29, 1.82) is 0 Å². The van der Waals surface area contributed by atoms with Crippen molar-refractivity contribution < 1.29 is 0 Å². The van der Waals surface area contributed by atoms with Gasteiger partial charge in [-0.05, 0) is 111 Å². The van der Waals surface area contributed by atoms with Crippen molar-refractivity contribution in [2.45, 2.75) is 5.41 Å². The number of hydrogen-bond acceptors (Lipinski definition) is 2. The van der Waals surface area contributed by atoms with Gasteiger partial charge in [0, 0.05) is 59.0 Å². The van der Waals surface area contributed by atoms with E-state index in [1.54, 1.807) is 0 Å². The molecule has 2 nitrogen and oxygen atoms in total. The minimum Gasteiger partial charge on any atom is -0.309 e. The standard InChI is InChI=1S/C67H42N2S/c1-2-18-45(19-3-1)68-61-33-14-8-23-50(61)55-42-44(38-41-62(55)68)43-36-39-46(40-37-43)69(60-32-13-7-22-49(60)52-26-16-27-53-51-24-9-15-35-64(51)70-66(52)53)63-34-17-31-59-65(63)54-25-6-12-30-58(54)67(59)56-28-10-4-20-47(56)48-21-5-11-29-57(48)67/h1-42H. The van der Waals surface area contributed by atoms with E-state index in [9.17, 15) is 0 Å². The Hall–Kier alpha value is -8.76. The Kier molecular flexibility index (Phi) is 8.48. The summed E-state index contributed by atoms with van der Waals surface area (Å²) in [6.07, 6.45) is 0. The fourth-order valence-electron chi connectivity index (χ4n) is 12.4. The Bertz CT molecular complexity index is 4200. The summed E-state index contributed by atoms with van der Waals surface area (Å²) in [7, 11) is 0. The second kappa shape index (κ2) is 15.1. The summed E-state index contributed by atoms with van der Waals surface area (Å²) in [6.45, 7) is 0. The quantitative estimate of drug-likeness (QED) is 0.161. The van der Waals surface area contributed by atoms with Gasteiger partial charge in [-0.15, -0.1) is 11.3 Å². The van der Waals surface area contributed by atoms with E-state index in [0.29, 0.717) is 0 Å². The number of aromatic nitrogens is 1. The summed E-state index contributed by atoms with van der Waals surface area (Å²) in [5, 5.41) is 5.09. The SMILES string of the molecule is c1ccc(-n2c3ccccc3c3cc(-c4ccc(N(c5ccccc5-c5cccc6c5sc5ccccc56)c5cccc6c5-c5ccccc5C65c6ccccc6-c6ccccc65)cc4)ccc32)cc1. The number of thiophene rings is 1. The maximum atomic E-state index is 2.54. The van der Waals surface area contributed by atoms with Crippen LogP contribution in [-0.4, -0.2) is 4.57 Å². The summed E-state index contributed by atoms with van der Waals surface area (Å²) in [4.78, 5) is 2.54. The second-order valence-corrected chi connectivity index (χ2v) is 19.7. The molecule has 1 spiro atoms. The molecule has 13 aromatic rings. The van der Waals surface area contributed by atoms with Crippen molar-refractivity contribution in [3.05, 3.63) is 277 Å². The lowest BCUT2D eigenvalue weighted by Gasteiger charge is -2.32. The van der Waals surface area contributed by atoms with Crippen LogP contribution in [0.2, 0.25) is 0 Å². The van der Waals surface area contributed by atoms with Gasteiger partial charge in [-0.25, -0.2) is 0 Å². The van der Waals surface area contributed by atoms with Crippen LogP contribution in [0.25, 0.3) is 92.2 Å². The number of hydrogen-bond donors (Lipinski definition) is 0.